The first kappa shape index (κ1) is 8.12. The van der Waals surface area contributed by atoms with Gasteiger partial charge in [0.25, 0.3) is 0 Å². The summed E-state index contributed by atoms with van der Waals surface area (Å²) in [6.45, 7) is 5.85. The third-order valence-corrected chi connectivity index (χ3v) is 2.39. The smallest absolute Gasteiger partial charge is 0.208 e. The highest BCUT2D eigenvalue weighted by atomic mass is 15.1. The van der Waals surface area contributed by atoms with Crippen LogP contribution in [0, 0.1) is 0 Å². The molecule has 1 aliphatic rings. The maximum atomic E-state index is 2.49. The Balaban J connectivity index is 2.24. The number of hydrogen-bond donors (Lipinski definition) is 0. The molecule has 1 aliphatic heterocycles. The predicted molar refractivity (Wildman–Crippen MR) is 46.3 cm³/mol. The standard InChI is InChI=1S/C8H17BN/c1-3-8(2)10-7-5-4-6-9-10/h8H,3-7H2,1-2H3. The Morgan fingerprint density at radius 3 is 2.80 bits per heavy atom. The van der Waals surface area contributed by atoms with Gasteiger partial charge in [0.2, 0.25) is 7.41 Å². The molecule has 1 radical (unpaired) electrons. The van der Waals surface area contributed by atoms with Crippen molar-refractivity contribution in [1.82, 2.24) is 4.81 Å². The Labute approximate surface area is 65.1 Å². The summed E-state index contributed by atoms with van der Waals surface area (Å²) < 4.78 is 0. The topological polar surface area (TPSA) is 3.24 Å². The number of rotatable bonds is 2. The molecular weight excluding hydrogens is 121 g/mol. The van der Waals surface area contributed by atoms with Gasteiger partial charge in [-0.15, -0.1) is 0 Å². The van der Waals surface area contributed by atoms with Gasteiger partial charge in [0.15, 0.2) is 0 Å². The molecule has 2 heteroatoms. The molecule has 1 rings (SSSR count). The molecule has 0 bridgehead atoms. The van der Waals surface area contributed by atoms with Crippen LogP contribution in [0.3, 0.4) is 0 Å². The Bertz CT molecular complexity index is 89.3. The second kappa shape index (κ2) is 4.02. The zero-order valence-electron chi connectivity index (χ0n) is 7.14. The second-order valence-corrected chi connectivity index (χ2v) is 3.17. The first-order valence-corrected chi connectivity index (χ1v) is 4.43. The molecule has 1 unspecified atom stereocenters. The lowest BCUT2D eigenvalue weighted by Gasteiger charge is -2.31. The first-order valence-electron chi connectivity index (χ1n) is 4.43. The Morgan fingerprint density at radius 1 is 1.50 bits per heavy atom. The molecule has 0 spiro atoms. The minimum atomic E-state index is 0.764. The van der Waals surface area contributed by atoms with E-state index in [-0.39, 0.29) is 0 Å². The summed E-state index contributed by atoms with van der Waals surface area (Å²) in [5.74, 6) is 0. The molecule has 0 aromatic heterocycles. The zero-order valence-corrected chi connectivity index (χ0v) is 7.14. The van der Waals surface area contributed by atoms with Crippen molar-refractivity contribution in [2.45, 2.75) is 45.5 Å². The van der Waals surface area contributed by atoms with Crippen LogP contribution < -0.4 is 0 Å². The van der Waals surface area contributed by atoms with Gasteiger partial charge in [0, 0.05) is 0 Å². The van der Waals surface area contributed by atoms with E-state index in [0.29, 0.717) is 0 Å². The SMILES string of the molecule is CCC(C)N1[B]CCCC1. The maximum absolute atomic E-state index is 2.49. The van der Waals surface area contributed by atoms with Crippen molar-refractivity contribution in [2.75, 3.05) is 6.54 Å². The molecule has 1 atom stereocenters. The van der Waals surface area contributed by atoms with E-state index in [1.165, 1.54) is 32.1 Å². The minimum absolute atomic E-state index is 0.764. The molecule has 57 valence electrons. The summed E-state index contributed by atoms with van der Waals surface area (Å²) in [6.07, 6.45) is 5.36. The summed E-state index contributed by atoms with van der Waals surface area (Å²) >= 11 is 0. The van der Waals surface area contributed by atoms with Gasteiger partial charge in [-0.25, -0.2) is 0 Å². The van der Waals surface area contributed by atoms with Gasteiger partial charge < -0.3 is 4.81 Å². The Hall–Kier alpha value is 0.0249. The van der Waals surface area contributed by atoms with E-state index in [1.807, 2.05) is 0 Å². The summed E-state index contributed by atoms with van der Waals surface area (Å²) in [4.78, 5) is 2.49. The van der Waals surface area contributed by atoms with Gasteiger partial charge in [-0.1, -0.05) is 26.6 Å². The molecule has 0 N–H and O–H groups in total. The third kappa shape index (κ3) is 2.01. The molecule has 1 heterocycles. The van der Waals surface area contributed by atoms with Gasteiger partial charge in [-0.3, -0.25) is 0 Å². The molecule has 0 amide bonds. The lowest BCUT2D eigenvalue weighted by Crippen LogP contribution is -2.39. The van der Waals surface area contributed by atoms with Crippen LogP contribution in [-0.4, -0.2) is 24.8 Å². The van der Waals surface area contributed by atoms with Crippen LogP contribution in [0.25, 0.3) is 0 Å². The molecular formula is C8H17BN. The van der Waals surface area contributed by atoms with Gasteiger partial charge in [-0.05, 0) is 25.4 Å². The largest absolute Gasteiger partial charge is 0.344 e. The normalized spacial score (nSPS) is 23.8. The molecule has 0 saturated carbocycles. The average molecular weight is 138 g/mol. The molecule has 0 aromatic rings. The van der Waals surface area contributed by atoms with Crippen LogP contribution in [0.2, 0.25) is 6.32 Å². The van der Waals surface area contributed by atoms with Crippen molar-refractivity contribution < 1.29 is 0 Å². The van der Waals surface area contributed by atoms with Crippen LogP contribution in [0.1, 0.15) is 33.1 Å². The fourth-order valence-corrected chi connectivity index (χ4v) is 1.42. The molecule has 0 aliphatic carbocycles. The Kier molecular flexibility index (Phi) is 3.27. The monoisotopic (exact) mass is 138 g/mol. The maximum Gasteiger partial charge on any atom is 0.208 e. The summed E-state index contributed by atoms with van der Waals surface area (Å²) in [6, 6.07) is 0.764. The van der Waals surface area contributed by atoms with Crippen LogP contribution in [0.15, 0.2) is 0 Å². The number of hydrogen-bond acceptors (Lipinski definition) is 1. The van der Waals surface area contributed by atoms with Crippen LogP contribution in [-0.2, 0) is 0 Å². The van der Waals surface area contributed by atoms with E-state index in [9.17, 15) is 0 Å². The van der Waals surface area contributed by atoms with Crippen molar-refractivity contribution in [2.24, 2.45) is 0 Å². The highest BCUT2D eigenvalue weighted by Gasteiger charge is 2.15. The van der Waals surface area contributed by atoms with Crippen molar-refractivity contribution in [3.05, 3.63) is 0 Å². The molecule has 10 heavy (non-hydrogen) atoms. The van der Waals surface area contributed by atoms with Gasteiger partial charge in [-0.2, -0.15) is 0 Å². The highest BCUT2D eigenvalue weighted by molar-refractivity contribution is 6.32. The highest BCUT2D eigenvalue weighted by Crippen LogP contribution is 2.12. The molecule has 1 saturated heterocycles. The minimum Gasteiger partial charge on any atom is -0.344 e. The van der Waals surface area contributed by atoms with Crippen LogP contribution in [0.4, 0.5) is 0 Å². The molecule has 1 fully saturated rings. The van der Waals surface area contributed by atoms with Crippen molar-refractivity contribution in [1.29, 1.82) is 0 Å². The van der Waals surface area contributed by atoms with E-state index in [2.05, 4.69) is 26.1 Å². The van der Waals surface area contributed by atoms with Gasteiger partial charge >= 0.3 is 0 Å². The third-order valence-electron chi connectivity index (χ3n) is 2.39. The number of nitrogens with zero attached hydrogens (tertiary/aromatic N) is 1. The lowest BCUT2D eigenvalue weighted by atomic mass is 9.78. The average Bonchev–Trinajstić information content (AvgIpc) is 2.05. The van der Waals surface area contributed by atoms with E-state index >= 15 is 0 Å². The van der Waals surface area contributed by atoms with E-state index < -0.39 is 0 Å². The van der Waals surface area contributed by atoms with E-state index in [4.69, 9.17) is 0 Å². The van der Waals surface area contributed by atoms with Crippen molar-refractivity contribution in [3.8, 4) is 0 Å². The summed E-state index contributed by atoms with van der Waals surface area (Å²) in [5.41, 5.74) is 0. The van der Waals surface area contributed by atoms with E-state index in [0.717, 1.165) is 6.04 Å². The quantitative estimate of drug-likeness (QED) is 0.527. The zero-order chi connectivity index (χ0) is 7.40. The Morgan fingerprint density at radius 2 is 2.30 bits per heavy atom. The van der Waals surface area contributed by atoms with Crippen molar-refractivity contribution >= 4 is 7.41 Å². The predicted octanol–water partition coefficient (Wildman–Crippen LogP) is 1.92. The molecule has 1 nitrogen and oxygen atoms in total. The summed E-state index contributed by atoms with van der Waals surface area (Å²) in [5, 5.41) is 0. The molecule has 0 aromatic carbocycles. The first-order chi connectivity index (χ1) is 4.84. The van der Waals surface area contributed by atoms with E-state index in [1.54, 1.807) is 0 Å². The lowest BCUT2D eigenvalue weighted by molar-refractivity contribution is 0.321. The summed E-state index contributed by atoms with van der Waals surface area (Å²) in [7, 11) is 2.37. The fraction of sp³-hybridized carbons (Fsp3) is 1.00. The van der Waals surface area contributed by atoms with Crippen molar-refractivity contribution in [3.63, 3.8) is 0 Å². The van der Waals surface area contributed by atoms with Gasteiger partial charge in [0.1, 0.15) is 0 Å². The second-order valence-electron chi connectivity index (χ2n) is 3.17. The van der Waals surface area contributed by atoms with Crippen LogP contribution >= 0.6 is 0 Å². The van der Waals surface area contributed by atoms with Gasteiger partial charge in [0.05, 0.1) is 0 Å². The fourth-order valence-electron chi connectivity index (χ4n) is 1.42. The van der Waals surface area contributed by atoms with Crippen LogP contribution in [0.5, 0.6) is 0 Å².